The molecule has 6 nitrogen and oxygen atoms in total. The van der Waals surface area contributed by atoms with Gasteiger partial charge in [0, 0.05) is 5.56 Å². The summed E-state index contributed by atoms with van der Waals surface area (Å²) >= 11 is 1.31. The van der Waals surface area contributed by atoms with Crippen LogP contribution in [0.3, 0.4) is 0 Å². The first-order valence-electron chi connectivity index (χ1n) is 12.8. The number of rotatable bonds is 7. The van der Waals surface area contributed by atoms with Crippen LogP contribution in [0.25, 0.3) is 16.8 Å². The average Bonchev–Trinajstić information content (AvgIpc) is 3.21. The molecule has 0 bridgehead atoms. The zero-order valence-electron chi connectivity index (χ0n) is 21.9. The third kappa shape index (κ3) is 4.82. The number of carbonyl (C=O) groups is 1. The Morgan fingerprint density at radius 2 is 1.82 bits per heavy atom. The largest absolute Gasteiger partial charge is 0.493 e. The fraction of sp³-hybridized carbons (Fsp3) is 0.258. The quantitative estimate of drug-likeness (QED) is 0.313. The second kappa shape index (κ2) is 10.8. The van der Waals surface area contributed by atoms with E-state index in [0.717, 1.165) is 34.1 Å². The van der Waals surface area contributed by atoms with Crippen LogP contribution in [0.2, 0.25) is 0 Å². The fourth-order valence-corrected chi connectivity index (χ4v) is 5.73. The van der Waals surface area contributed by atoms with Gasteiger partial charge < -0.3 is 9.47 Å². The Morgan fingerprint density at radius 3 is 2.55 bits per heavy atom. The molecule has 1 aliphatic heterocycles. The fourth-order valence-electron chi connectivity index (χ4n) is 4.70. The van der Waals surface area contributed by atoms with Gasteiger partial charge in [0.25, 0.3) is 5.56 Å². The Hall–Kier alpha value is -3.97. The highest BCUT2D eigenvalue weighted by molar-refractivity contribution is 7.07. The van der Waals surface area contributed by atoms with E-state index in [1.54, 1.807) is 11.5 Å². The van der Waals surface area contributed by atoms with Crippen LogP contribution in [0, 0.1) is 0 Å². The summed E-state index contributed by atoms with van der Waals surface area (Å²) in [5.74, 6) is 0.266. The van der Waals surface area contributed by atoms with Crippen molar-refractivity contribution in [2.75, 3.05) is 6.61 Å². The molecule has 4 aromatic rings. The van der Waals surface area contributed by atoms with Gasteiger partial charge in [0.2, 0.25) is 0 Å². The van der Waals surface area contributed by atoms with Crippen LogP contribution in [-0.4, -0.2) is 23.2 Å². The number of hydrogen-bond donors (Lipinski definition) is 0. The van der Waals surface area contributed by atoms with E-state index in [-0.39, 0.29) is 11.7 Å². The third-order valence-corrected chi connectivity index (χ3v) is 7.35. The van der Waals surface area contributed by atoms with Gasteiger partial charge in [0.05, 0.1) is 34.6 Å². The predicted molar refractivity (Wildman–Crippen MR) is 151 cm³/mol. The maximum atomic E-state index is 14.0. The number of aromatic nitrogens is 1. The number of allylic oxidation sites excluding steroid dienone is 1. The van der Waals surface area contributed by atoms with Crippen LogP contribution in [-0.2, 0) is 9.53 Å². The minimum atomic E-state index is -0.635. The molecular weight excluding hydrogens is 496 g/mol. The van der Waals surface area contributed by atoms with Gasteiger partial charge in [0.15, 0.2) is 4.80 Å². The number of hydrogen-bond acceptors (Lipinski definition) is 6. The third-order valence-electron chi connectivity index (χ3n) is 6.37. The number of fused-ring (bicyclic) bond motifs is 2. The maximum absolute atomic E-state index is 14.0. The van der Waals surface area contributed by atoms with Crippen LogP contribution in [0.1, 0.15) is 51.3 Å². The summed E-state index contributed by atoms with van der Waals surface area (Å²) in [6.07, 6.45) is 2.47. The van der Waals surface area contributed by atoms with E-state index < -0.39 is 12.0 Å². The molecule has 38 heavy (non-hydrogen) atoms. The highest BCUT2D eigenvalue weighted by Gasteiger charge is 2.33. The van der Waals surface area contributed by atoms with Gasteiger partial charge in [-0.05, 0) is 55.7 Å². The molecule has 1 aliphatic rings. The Balaban J connectivity index is 1.75. The molecule has 7 heteroatoms. The normalized spacial score (nSPS) is 15.5. The van der Waals surface area contributed by atoms with Crippen molar-refractivity contribution in [1.29, 1.82) is 0 Å². The van der Waals surface area contributed by atoms with Crippen LogP contribution >= 0.6 is 11.3 Å². The molecule has 0 N–H and O–H groups in total. The molecule has 2 heterocycles. The predicted octanol–water partition coefficient (Wildman–Crippen LogP) is 5.13. The number of ether oxygens (including phenoxy) is 2. The van der Waals surface area contributed by atoms with E-state index in [1.165, 1.54) is 11.3 Å². The lowest BCUT2D eigenvalue weighted by molar-refractivity contribution is -0.143. The minimum absolute atomic E-state index is 0.209. The van der Waals surface area contributed by atoms with Crippen LogP contribution in [0.5, 0.6) is 5.75 Å². The lowest BCUT2D eigenvalue weighted by Crippen LogP contribution is -2.40. The summed E-state index contributed by atoms with van der Waals surface area (Å²) < 4.78 is 13.8. The monoisotopic (exact) mass is 526 g/mol. The summed E-state index contributed by atoms with van der Waals surface area (Å²) in [5, 5.41) is 2.07. The summed E-state index contributed by atoms with van der Waals surface area (Å²) in [6.45, 7) is 8.05. The van der Waals surface area contributed by atoms with E-state index >= 15 is 0 Å². The number of nitrogens with zero attached hydrogens (tertiary/aromatic N) is 2. The van der Waals surface area contributed by atoms with Gasteiger partial charge in [-0.25, -0.2) is 9.79 Å². The lowest BCUT2D eigenvalue weighted by atomic mass is 9.96. The highest BCUT2D eigenvalue weighted by atomic mass is 32.1. The number of benzene rings is 3. The number of thiazole rings is 1. The molecule has 1 aromatic heterocycles. The Labute approximate surface area is 225 Å². The number of esters is 1. The Kier molecular flexibility index (Phi) is 7.29. The SMILES string of the molecule is CCCOc1ccc2ccccc2c1C=c1sc2n(c1=O)C(c1ccccc1)C(C(=O)OC(C)C)=C(C)N=2. The van der Waals surface area contributed by atoms with E-state index in [2.05, 4.69) is 6.92 Å². The molecule has 0 radical (unpaired) electrons. The second-order valence-corrected chi connectivity index (χ2v) is 10.5. The summed E-state index contributed by atoms with van der Waals surface area (Å²) in [5.41, 5.74) is 2.39. The first-order chi connectivity index (χ1) is 18.4. The molecule has 0 saturated heterocycles. The summed E-state index contributed by atoms with van der Waals surface area (Å²) in [6, 6.07) is 21.0. The maximum Gasteiger partial charge on any atom is 0.338 e. The molecule has 0 amide bonds. The van der Waals surface area contributed by atoms with Crippen molar-refractivity contribution in [1.82, 2.24) is 4.57 Å². The van der Waals surface area contributed by atoms with E-state index in [4.69, 9.17) is 14.5 Å². The molecule has 0 aliphatic carbocycles. The molecule has 3 aromatic carbocycles. The average molecular weight is 527 g/mol. The zero-order valence-corrected chi connectivity index (χ0v) is 22.7. The molecule has 5 rings (SSSR count). The van der Waals surface area contributed by atoms with Crippen molar-refractivity contribution < 1.29 is 14.3 Å². The molecule has 1 atom stereocenters. The molecule has 0 fully saturated rings. The van der Waals surface area contributed by atoms with Crippen LogP contribution < -0.4 is 19.6 Å². The Bertz CT molecular complexity index is 1710. The molecule has 194 valence electrons. The van der Waals surface area contributed by atoms with E-state index in [0.29, 0.717) is 27.2 Å². The van der Waals surface area contributed by atoms with Crippen molar-refractivity contribution in [2.24, 2.45) is 4.99 Å². The zero-order chi connectivity index (χ0) is 26.8. The highest BCUT2D eigenvalue weighted by Crippen LogP contribution is 2.32. The Morgan fingerprint density at radius 1 is 1.08 bits per heavy atom. The van der Waals surface area contributed by atoms with Crippen molar-refractivity contribution in [3.63, 3.8) is 0 Å². The van der Waals surface area contributed by atoms with Crippen molar-refractivity contribution in [3.8, 4) is 5.75 Å². The summed E-state index contributed by atoms with van der Waals surface area (Å²) in [4.78, 5) is 32.5. The topological polar surface area (TPSA) is 69.9 Å². The number of carbonyl (C=O) groups excluding carboxylic acids is 1. The van der Waals surface area contributed by atoms with E-state index in [1.807, 2.05) is 86.7 Å². The van der Waals surface area contributed by atoms with Gasteiger partial charge in [-0.15, -0.1) is 0 Å². The molecule has 1 unspecified atom stereocenters. The standard InChI is InChI=1S/C31H30N2O4S/c1-5-17-36-25-16-15-21-11-9-10-14-23(21)24(25)18-26-29(34)33-28(22-12-7-6-8-13-22)27(30(35)37-19(2)3)20(4)32-31(33)38-26/h6-16,18-19,28H,5,17H2,1-4H3. The first kappa shape index (κ1) is 25.7. The first-order valence-corrected chi connectivity index (χ1v) is 13.6. The van der Waals surface area contributed by atoms with Crippen LogP contribution in [0.15, 0.2) is 87.8 Å². The van der Waals surface area contributed by atoms with Gasteiger partial charge in [-0.2, -0.15) is 0 Å². The van der Waals surface area contributed by atoms with Gasteiger partial charge >= 0.3 is 5.97 Å². The molecule has 0 spiro atoms. The van der Waals surface area contributed by atoms with Crippen molar-refractivity contribution in [3.05, 3.63) is 109 Å². The molecular formula is C31H30N2O4S. The second-order valence-electron chi connectivity index (χ2n) is 9.49. The van der Waals surface area contributed by atoms with Crippen molar-refractivity contribution in [2.45, 2.75) is 46.3 Å². The lowest BCUT2D eigenvalue weighted by Gasteiger charge is -2.25. The van der Waals surface area contributed by atoms with Gasteiger partial charge in [0.1, 0.15) is 5.75 Å². The van der Waals surface area contributed by atoms with Gasteiger partial charge in [-0.3, -0.25) is 9.36 Å². The molecule has 0 saturated carbocycles. The summed E-state index contributed by atoms with van der Waals surface area (Å²) in [7, 11) is 0. The van der Waals surface area contributed by atoms with E-state index in [9.17, 15) is 9.59 Å². The van der Waals surface area contributed by atoms with Crippen LogP contribution in [0.4, 0.5) is 0 Å². The van der Waals surface area contributed by atoms with Gasteiger partial charge in [-0.1, -0.05) is 78.9 Å². The minimum Gasteiger partial charge on any atom is -0.493 e. The van der Waals surface area contributed by atoms with Crippen molar-refractivity contribution >= 4 is 34.2 Å². The smallest absolute Gasteiger partial charge is 0.338 e.